The molecule has 0 saturated carbocycles. The highest BCUT2D eigenvalue weighted by Gasteiger charge is 2.11. The molecule has 0 heterocycles. The number of aliphatic hydroxyl groups is 1. The highest BCUT2D eigenvalue weighted by atomic mass is 35.5. The van der Waals surface area contributed by atoms with Crippen molar-refractivity contribution in [2.24, 2.45) is 5.92 Å². The number of halogens is 1. The second-order valence-electron chi connectivity index (χ2n) is 3.74. The number of carbonyl (C=O) groups excluding carboxylic acids is 1. The summed E-state index contributed by atoms with van der Waals surface area (Å²) in [7, 11) is 0. The van der Waals surface area contributed by atoms with Crippen LogP contribution in [-0.4, -0.2) is 24.2 Å². The monoisotopic (exact) mass is 242 g/mol. The molecular formula is C11H15ClN2O2. The number of hydrogen-bond donors (Lipinski definition) is 3. The van der Waals surface area contributed by atoms with Crippen molar-refractivity contribution < 1.29 is 9.90 Å². The molecule has 0 aliphatic carbocycles. The van der Waals surface area contributed by atoms with Gasteiger partial charge in [0.1, 0.15) is 0 Å². The number of rotatable bonds is 4. The lowest BCUT2D eigenvalue weighted by Gasteiger charge is -2.10. The van der Waals surface area contributed by atoms with Crippen molar-refractivity contribution in [2.45, 2.75) is 6.92 Å². The van der Waals surface area contributed by atoms with Crippen molar-refractivity contribution in [2.75, 3.05) is 18.9 Å². The molecule has 0 aromatic heterocycles. The zero-order valence-electron chi connectivity index (χ0n) is 9.03. The fourth-order valence-electron chi connectivity index (χ4n) is 1.14. The van der Waals surface area contributed by atoms with E-state index in [4.69, 9.17) is 22.4 Å². The second kappa shape index (κ2) is 5.72. The summed E-state index contributed by atoms with van der Waals surface area (Å²) in [4.78, 5) is 11.7. The summed E-state index contributed by atoms with van der Waals surface area (Å²) in [6.07, 6.45) is 0. The van der Waals surface area contributed by atoms with E-state index in [0.717, 1.165) is 0 Å². The lowest BCUT2D eigenvalue weighted by molar-refractivity contribution is 0.0942. The number of nitrogens with two attached hydrogens (primary N) is 1. The van der Waals surface area contributed by atoms with Crippen LogP contribution in [-0.2, 0) is 0 Å². The standard InChI is InChI=1S/C11H15ClN2O2/c1-7(6-15)5-14-11(16)9-4-8(13)2-3-10(9)12/h2-4,7,15H,5-6,13H2,1H3,(H,14,16). The van der Waals surface area contributed by atoms with Crippen LogP contribution in [0.2, 0.25) is 5.02 Å². The molecule has 1 rings (SSSR count). The van der Waals surface area contributed by atoms with Gasteiger partial charge in [-0.2, -0.15) is 0 Å². The van der Waals surface area contributed by atoms with Crippen molar-refractivity contribution in [1.29, 1.82) is 0 Å². The van der Waals surface area contributed by atoms with Gasteiger partial charge >= 0.3 is 0 Å². The van der Waals surface area contributed by atoms with E-state index in [1.807, 2.05) is 6.92 Å². The number of amides is 1. The molecule has 16 heavy (non-hydrogen) atoms. The van der Waals surface area contributed by atoms with Gasteiger partial charge in [-0.3, -0.25) is 4.79 Å². The van der Waals surface area contributed by atoms with E-state index in [-0.39, 0.29) is 18.4 Å². The molecule has 0 aliphatic rings. The largest absolute Gasteiger partial charge is 0.399 e. The van der Waals surface area contributed by atoms with Gasteiger partial charge in [0.05, 0.1) is 10.6 Å². The number of benzene rings is 1. The zero-order valence-corrected chi connectivity index (χ0v) is 9.79. The smallest absolute Gasteiger partial charge is 0.252 e. The maximum Gasteiger partial charge on any atom is 0.252 e. The Kier molecular flexibility index (Phi) is 4.58. The van der Waals surface area contributed by atoms with Gasteiger partial charge in [0.15, 0.2) is 0 Å². The maximum absolute atomic E-state index is 11.7. The molecular weight excluding hydrogens is 228 g/mol. The minimum Gasteiger partial charge on any atom is -0.399 e. The van der Waals surface area contributed by atoms with Crippen LogP contribution in [0.15, 0.2) is 18.2 Å². The third-order valence-electron chi connectivity index (χ3n) is 2.16. The Hall–Kier alpha value is -1.26. The van der Waals surface area contributed by atoms with Crippen molar-refractivity contribution >= 4 is 23.2 Å². The molecule has 0 bridgehead atoms. The van der Waals surface area contributed by atoms with Crippen LogP contribution < -0.4 is 11.1 Å². The summed E-state index contributed by atoms with van der Waals surface area (Å²) < 4.78 is 0. The van der Waals surface area contributed by atoms with Gasteiger partial charge in [-0.15, -0.1) is 0 Å². The number of aliphatic hydroxyl groups excluding tert-OH is 1. The number of nitrogen functional groups attached to an aromatic ring is 1. The molecule has 1 atom stereocenters. The molecule has 4 N–H and O–H groups in total. The van der Waals surface area contributed by atoms with Crippen molar-refractivity contribution in [3.63, 3.8) is 0 Å². The summed E-state index contributed by atoms with van der Waals surface area (Å²) in [6, 6.07) is 4.75. The second-order valence-corrected chi connectivity index (χ2v) is 4.14. The highest BCUT2D eigenvalue weighted by molar-refractivity contribution is 6.34. The third-order valence-corrected chi connectivity index (χ3v) is 2.49. The molecule has 4 nitrogen and oxygen atoms in total. The first kappa shape index (κ1) is 12.8. The predicted octanol–water partition coefficient (Wildman–Crippen LogP) is 1.28. The van der Waals surface area contributed by atoms with Gasteiger partial charge in [0.2, 0.25) is 0 Å². The lowest BCUT2D eigenvalue weighted by Crippen LogP contribution is -2.29. The van der Waals surface area contributed by atoms with E-state index in [9.17, 15) is 4.79 Å². The highest BCUT2D eigenvalue weighted by Crippen LogP contribution is 2.18. The van der Waals surface area contributed by atoms with E-state index >= 15 is 0 Å². The molecule has 1 aromatic carbocycles. The fraction of sp³-hybridized carbons (Fsp3) is 0.364. The fourth-order valence-corrected chi connectivity index (χ4v) is 1.35. The Morgan fingerprint density at radius 3 is 2.94 bits per heavy atom. The molecule has 1 unspecified atom stereocenters. The van der Waals surface area contributed by atoms with Crippen molar-refractivity contribution in [3.8, 4) is 0 Å². The summed E-state index contributed by atoms with van der Waals surface area (Å²) in [6.45, 7) is 2.27. The molecule has 1 amide bonds. The van der Waals surface area contributed by atoms with Gasteiger partial charge in [-0.1, -0.05) is 18.5 Å². The van der Waals surface area contributed by atoms with Crippen LogP contribution in [0.5, 0.6) is 0 Å². The Labute approximate surface area is 99.4 Å². The van der Waals surface area contributed by atoms with Crippen molar-refractivity contribution in [1.82, 2.24) is 5.32 Å². The molecule has 0 radical (unpaired) electrons. The molecule has 0 saturated heterocycles. The van der Waals surface area contributed by atoms with E-state index in [2.05, 4.69) is 5.32 Å². The SMILES string of the molecule is CC(CO)CNC(=O)c1cc(N)ccc1Cl. The molecule has 88 valence electrons. The zero-order chi connectivity index (χ0) is 12.1. The van der Waals surface area contributed by atoms with E-state index in [1.165, 1.54) is 6.07 Å². The van der Waals surface area contributed by atoms with Gasteiger partial charge in [-0.25, -0.2) is 0 Å². The summed E-state index contributed by atoms with van der Waals surface area (Å²) in [5.74, 6) is -0.263. The third kappa shape index (κ3) is 3.40. The van der Waals surface area contributed by atoms with Crippen LogP contribution >= 0.6 is 11.6 Å². The minimum atomic E-state index is -0.280. The Morgan fingerprint density at radius 1 is 1.62 bits per heavy atom. The average molecular weight is 243 g/mol. The molecule has 5 heteroatoms. The Morgan fingerprint density at radius 2 is 2.31 bits per heavy atom. The first-order valence-corrected chi connectivity index (χ1v) is 5.36. The minimum absolute atomic E-state index is 0.0174. The topological polar surface area (TPSA) is 75.3 Å². The average Bonchev–Trinajstić information content (AvgIpc) is 2.28. The summed E-state index contributed by atoms with van der Waals surface area (Å²) in [5, 5.41) is 11.9. The van der Waals surface area contributed by atoms with Gasteiger partial charge in [0.25, 0.3) is 5.91 Å². The quantitative estimate of drug-likeness (QED) is 0.697. The van der Waals surface area contributed by atoms with Crippen LogP contribution in [0.1, 0.15) is 17.3 Å². The Bertz CT molecular complexity index is 382. The molecule has 1 aromatic rings. The Balaban J connectivity index is 2.69. The van der Waals surface area contributed by atoms with Crippen LogP contribution in [0.4, 0.5) is 5.69 Å². The number of hydrogen-bond acceptors (Lipinski definition) is 3. The summed E-state index contributed by atoms with van der Waals surface area (Å²) >= 11 is 5.87. The maximum atomic E-state index is 11.7. The van der Waals surface area contributed by atoms with Crippen LogP contribution in [0, 0.1) is 5.92 Å². The number of nitrogens with one attached hydrogen (secondary N) is 1. The molecule has 0 fully saturated rings. The first-order chi connectivity index (χ1) is 7.54. The molecule has 0 aliphatic heterocycles. The number of carbonyl (C=O) groups is 1. The van der Waals surface area contributed by atoms with Gasteiger partial charge in [0, 0.05) is 18.8 Å². The van der Waals surface area contributed by atoms with Gasteiger partial charge in [-0.05, 0) is 24.1 Å². The van der Waals surface area contributed by atoms with Crippen LogP contribution in [0.25, 0.3) is 0 Å². The normalized spacial score (nSPS) is 12.2. The summed E-state index contributed by atoms with van der Waals surface area (Å²) in [5.41, 5.74) is 6.41. The van der Waals surface area contributed by atoms with E-state index in [0.29, 0.717) is 22.8 Å². The van der Waals surface area contributed by atoms with E-state index < -0.39 is 0 Å². The lowest BCUT2D eigenvalue weighted by atomic mass is 10.1. The van der Waals surface area contributed by atoms with E-state index in [1.54, 1.807) is 12.1 Å². The first-order valence-electron chi connectivity index (χ1n) is 4.98. The predicted molar refractivity (Wildman–Crippen MR) is 64.4 cm³/mol. The molecule has 0 spiro atoms. The van der Waals surface area contributed by atoms with Gasteiger partial charge < -0.3 is 16.2 Å². The van der Waals surface area contributed by atoms with Crippen LogP contribution in [0.3, 0.4) is 0 Å². The number of anilines is 1. The van der Waals surface area contributed by atoms with Crippen molar-refractivity contribution in [3.05, 3.63) is 28.8 Å².